The second-order valence-corrected chi connectivity index (χ2v) is 10.4. The van der Waals surface area contributed by atoms with E-state index in [1.165, 1.54) is 5.56 Å². The van der Waals surface area contributed by atoms with E-state index in [1.54, 1.807) is 18.1 Å². The fourth-order valence-electron chi connectivity index (χ4n) is 5.56. The number of nitrogens with one attached hydrogen (secondary N) is 2. The average Bonchev–Trinajstić information content (AvgIpc) is 3.53. The molecule has 210 valence electrons. The minimum absolute atomic E-state index is 0.0564. The molecule has 2 amide bonds. The van der Waals surface area contributed by atoms with Crippen LogP contribution in [0.4, 0.5) is 0 Å². The second kappa shape index (κ2) is 11.4. The Labute approximate surface area is 238 Å². The monoisotopic (exact) mass is 551 g/mol. The summed E-state index contributed by atoms with van der Waals surface area (Å²) in [6.45, 7) is 3.00. The van der Waals surface area contributed by atoms with Gasteiger partial charge >= 0.3 is 0 Å². The zero-order valence-corrected chi connectivity index (χ0v) is 23.3. The number of methoxy groups -OCH3 is 1. The summed E-state index contributed by atoms with van der Waals surface area (Å²) in [5, 5.41) is 4.18. The van der Waals surface area contributed by atoms with Gasteiger partial charge in [0.15, 0.2) is 11.5 Å². The van der Waals surface area contributed by atoms with Crippen LogP contribution >= 0.6 is 0 Å². The van der Waals surface area contributed by atoms with Crippen molar-refractivity contribution in [1.82, 2.24) is 24.6 Å². The van der Waals surface area contributed by atoms with Crippen molar-refractivity contribution in [3.05, 3.63) is 95.1 Å². The highest BCUT2D eigenvalue weighted by atomic mass is 16.5. The zero-order valence-electron chi connectivity index (χ0n) is 23.3. The van der Waals surface area contributed by atoms with Crippen LogP contribution in [-0.2, 0) is 17.6 Å². The first-order valence-electron chi connectivity index (χ1n) is 13.9. The van der Waals surface area contributed by atoms with Crippen molar-refractivity contribution in [2.24, 2.45) is 0 Å². The average molecular weight is 552 g/mol. The van der Waals surface area contributed by atoms with Gasteiger partial charge in [-0.1, -0.05) is 24.3 Å². The van der Waals surface area contributed by atoms with Gasteiger partial charge in [0.2, 0.25) is 5.91 Å². The van der Waals surface area contributed by atoms with E-state index in [2.05, 4.69) is 27.4 Å². The number of nitrogens with zero attached hydrogens (tertiary/aromatic N) is 3. The number of fused-ring (bicyclic) bond motifs is 6. The molecule has 0 atom stereocenters. The minimum atomic E-state index is -0.240. The molecule has 9 heteroatoms. The Morgan fingerprint density at radius 3 is 2.88 bits per heavy atom. The van der Waals surface area contributed by atoms with Crippen LogP contribution in [0.3, 0.4) is 0 Å². The van der Waals surface area contributed by atoms with Crippen LogP contribution in [0.15, 0.2) is 67.0 Å². The molecule has 2 bridgehead atoms. The van der Waals surface area contributed by atoms with Gasteiger partial charge in [0.05, 0.1) is 31.5 Å². The SMILES string of the molecule is COc1ccc2cc1OCCCN(C(=O)c1cccn3cc(C)nc13)CC(=O)NCCc1c([nH]c3ccccc13)C2. The number of imidazole rings is 1. The first-order chi connectivity index (χ1) is 20.0. The summed E-state index contributed by atoms with van der Waals surface area (Å²) in [6.07, 6.45) is 5.63. The predicted molar refractivity (Wildman–Crippen MR) is 157 cm³/mol. The maximum absolute atomic E-state index is 13.8. The molecule has 4 heterocycles. The topological polar surface area (TPSA) is 101 Å². The van der Waals surface area contributed by atoms with E-state index in [1.807, 2.05) is 60.1 Å². The molecule has 6 rings (SSSR count). The zero-order chi connectivity index (χ0) is 28.3. The lowest BCUT2D eigenvalue weighted by Crippen LogP contribution is -2.42. The third-order valence-corrected chi connectivity index (χ3v) is 7.49. The Morgan fingerprint density at radius 2 is 2.00 bits per heavy atom. The van der Waals surface area contributed by atoms with Crippen molar-refractivity contribution in [2.75, 3.05) is 33.4 Å². The van der Waals surface area contributed by atoms with Crippen LogP contribution in [0.2, 0.25) is 0 Å². The van der Waals surface area contributed by atoms with Gasteiger partial charge in [0.25, 0.3) is 5.91 Å². The molecule has 0 unspecified atom stereocenters. The molecule has 0 fully saturated rings. The Balaban J connectivity index is 1.31. The molecule has 0 aliphatic carbocycles. The molecule has 2 aromatic carbocycles. The summed E-state index contributed by atoms with van der Waals surface area (Å²) in [7, 11) is 1.63. The largest absolute Gasteiger partial charge is 0.493 e. The van der Waals surface area contributed by atoms with Crippen molar-refractivity contribution < 1.29 is 19.1 Å². The van der Waals surface area contributed by atoms with Crippen LogP contribution in [0, 0.1) is 6.92 Å². The van der Waals surface area contributed by atoms with Crippen LogP contribution < -0.4 is 14.8 Å². The van der Waals surface area contributed by atoms with Gasteiger partial charge < -0.3 is 29.1 Å². The number of amides is 2. The number of carbonyl (C=O) groups excluding carboxylic acids is 2. The van der Waals surface area contributed by atoms with E-state index in [9.17, 15) is 9.59 Å². The van der Waals surface area contributed by atoms with Crippen LogP contribution in [0.25, 0.3) is 16.6 Å². The number of ether oxygens (including phenoxy) is 2. The number of carbonyl (C=O) groups is 2. The molecule has 2 N–H and O–H groups in total. The molecule has 0 spiro atoms. The maximum atomic E-state index is 13.8. The van der Waals surface area contributed by atoms with E-state index in [-0.39, 0.29) is 18.4 Å². The number of hydrogen-bond donors (Lipinski definition) is 2. The Bertz CT molecular complexity index is 1740. The van der Waals surface area contributed by atoms with E-state index in [0.717, 1.165) is 27.9 Å². The summed E-state index contributed by atoms with van der Waals surface area (Å²) in [4.78, 5) is 36.6. The summed E-state index contributed by atoms with van der Waals surface area (Å²) in [5.41, 5.74) is 6.27. The van der Waals surface area contributed by atoms with Crippen molar-refractivity contribution in [1.29, 1.82) is 0 Å². The molecule has 9 nitrogen and oxygen atoms in total. The first kappa shape index (κ1) is 26.4. The molecule has 3 aromatic heterocycles. The third kappa shape index (κ3) is 5.48. The van der Waals surface area contributed by atoms with Gasteiger partial charge in [0, 0.05) is 48.5 Å². The highest BCUT2D eigenvalue weighted by Gasteiger charge is 2.22. The molecule has 41 heavy (non-hydrogen) atoms. The van der Waals surface area contributed by atoms with Gasteiger partial charge in [-0.3, -0.25) is 9.59 Å². The Hall–Kier alpha value is -4.79. The molecule has 1 aliphatic heterocycles. The summed E-state index contributed by atoms with van der Waals surface area (Å²) >= 11 is 0. The minimum Gasteiger partial charge on any atom is -0.493 e. The number of pyridine rings is 1. The van der Waals surface area contributed by atoms with Crippen molar-refractivity contribution in [2.45, 2.75) is 26.2 Å². The number of aromatic nitrogens is 3. The number of hydrogen-bond acceptors (Lipinski definition) is 5. The van der Waals surface area contributed by atoms with Gasteiger partial charge in [-0.05, 0) is 61.2 Å². The number of para-hydroxylation sites is 1. The lowest BCUT2D eigenvalue weighted by molar-refractivity contribution is -0.121. The quantitative estimate of drug-likeness (QED) is 0.341. The van der Waals surface area contributed by atoms with E-state index >= 15 is 0 Å². The highest BCUT2D eigenvalue weighted by molar-refractivity contribution is 6.01. The van der Waals surface area contributed by atoms with Crippen LogP contribution in [-0.4, -0.2) is 64.4 Å². The van der Waals surface area contributed by atoms with E-state index in [4.69, 9.17) is 9.47 Å². The molecular formula is C32H33N5O4. The standard InChI is InChI=1S/C32H33N5O4/c1-21-19-36-14-5-8-25(31(36)34-21)32(39)37-15-6-16-41-29-18-22(10-11-28(29)40-2)17-27-24(12-13-33-30(38)20-37)23-7-3-4-9-26(23)35-27/h3-5,7-11,14,18-19,35H,6,12-13,15-17,20H2,1-2H3,(H,33,38). The number of H-pyrrole nitrogens is 1. The van der Waals surface area contributed by atoms with E-state index < -0.39 is 0 Å². The molecule has 0 saturated heterocycles. The summed E-state index contributed by atoms with van der Waals surface area (Å²) < 4.78 is 13.6. The molecule has 5 aromatic rings. The fraction of sp³-hybridized carbons (Fsp3) is 0.281. The fourth-order valence-corrected chi connectivity index (χ4v) is 5.56. The Morgan fingerprint density at radius 1 is 1.12 bits per heavy atom. The van der Waals surface area contributed by atoms with Gasteiger partial charge in [-0.25, -0.2) is 4.98 Å². The van der Waals surface area contributed by atoms with Gasteiger partial charge in [-0.2, -0.15) is 0 Å². The van der Waals surface area contributed by atoms with Crippen molar-refractivity contribution in [3.8, 4) is 11.5 Å². The van der Waals surface area contributed by atoms with Crippen molar-refractivity contribution in [3.63, 3.8) is 0 Å². The smallest absolute Gasteiger partial charge is 0.258 e. The molecule has 0 saturated carbocycles. The number of benzene rings is 2. The predicted octanol–water partition coefficient (Wildman–Crippen LogP) is 4.31. The summed E-state index contributed by atoms with van der Waals surface area (Å²) in [5.74, 6) is 0.866. The highest BCUT2D eigenvalue weighted by Crippen LogP contribution is 2.31. The number of aryl methyl sites for hydroxylation is 1. The van der Waals surface area contributed by atoms with Gasteiger partial charge in [-0.15, -0.1) is 0 Å². The molecular weight excluding hydrogens is 518 g/mol. The number of rotatable bonds is 2. The van der Waals surface area contributed by atoms with Crippen LogP contribution in [0.1, 0.15) is 39.3 Å². The lowest BCUT2D eigenvalue weighted by Gasteiger charge is -2.23. The first-order valence-corrected chi connectivity index (χ1v) is 13.9. The second-order valence-electron chi connectivity index (χ2n) is 10.4. The van der Waals surface area contributed by atoms with E-state index in [0.29, 0.717) is 61.7 Å². The van der Waals surface area contributed by atoms with Crippen molar-refractivity contribution >= 4 is 28.4 Å². The lowest BCUT2D eigenvalue weighted by atomic mass is 10.0. The number of aromatic amines is 1. The molecule has 1 aliphatic rings. The Kier molecular flexibility index (Phi) is 7.33. The third-order valence-electron chi connectivity index (χ3n) is 7.49. The molecule has 0 radical (unpaired) electrons. The summed E-state index contributed by atoms with van der Waals surface area (Å²) in [6, 6.07) is 17.8. The maximum Gasteiger partial charge on any atom is 0.258 e. The normalized spacial score (nSPS) is 14.9. The van der Waals surface area contributed by atoms with Gasteiger partial charge in [0.1, 0.15) is 5.65 Å². The van der Waals surface area contributed by atoms with Crippen LogP contribution in [0.5, 0.6) is 11.5 Å².